The van der Waals surface area contributed by atoms with Crippen LogP contribution >= 0.6 is 0 Å². The van der Waals surface area contributed by atoms with Gasteiger partial charge in [-0.3, -0.25) is 0 Å². The highest BCUT2D eigenvalue weighted by molar-refractivity contribution is 5.87. The zero-order valence-electron chi connectivity index (χ0n) is 23.5. The lowest BCUT2D eigenvalue weighted by Gasteiger charge is -2.46. The molecule has 0 radical (unpaired) electrons. The molecule has 44 heavy (non-hydrogen) atoms. The molecule has 2 aromatic rings. The highest BCUT2D eigenvalue weighted by atomic mass is 16.7. The molecule has 9 N–H and O–H groups in total. The summed E-state index contributed by atoms with van der Waals surface area (Å²) in [6.45, 7) is 0.606. The summed E-state index contributed by atoms with van der Waals surface area (Å²) >= 11 is 0. The van der Waals surface area contributed by atoms with E-state index in [9.17, 15) is 50.8 Å². The molecule has 0 bridgehead atoms. The van der Waals surface area contributed by atoms with Crippen LogP contribution in [0.3, 0.4) is 0 Å². The molecule has 0 saturated carbocycles. The van der Waals surface area contributed by atoms with Crippen LogP contribution < -0.4 is 0 Å². The minimum absolute atomic E-state index is 0.0754. The number of benzene rings is 2. The lowest BCUT2D eigenvalue weighted by atomic mass is 9.97. The van der Waals surface area contributed by atoms with Gasteiger partial charge >= 0.3 is 5.97 Å². The van der Waals surface area contributed by atoms with Crippen molar-refractivity contribution in [3.8, 4) is 23.0 Å². The number of carbonyl (C=O) groups is 1. The minimum atomic E-state index is -1.77. The van der Waals surface area contributed by atoms with Crippen LogP contribution in [0.5, 0.6) is 23.0 Å². The Morgan fingerprint density at radius 1 is 0.818 bits per heavy atom. The van der Waals surface area contributed by atoms with E-state index < -0.39 is 79.7 Å². The van der Waals surface area contributed by atoms with E-state index in [0.717, 1.165) is 6.08 Å². The first kappa shape index (κ1) is 33.4. The molecule has 10 atom stereocenters. The summed E-state index contributed by atoms with van der Waals surface area (Å²) in [5.74, 6) is -2.40. The molecule has 2 fully saturated rings. The van der Waals surface area contributed by atoms with Crippen molar-refractivity contribution < 1.29 is 74.4 Å². The van der Waals surface area contributed by atoms with Gasteiger partial charge in [0.25, 0.3) is 0 Å². The Bertz CT molecular complexity index is 1300. The summed E-state index contributed by atoms with van der Waals surface area (Å²) in [4.78, 5) is 12.8. The van der Waals surface area contributed by atoms with Crippen molar-refractivity contribution in [3.05, 3.63) is 53.6 Å². The third-order valence-corrected chi connectivity index (χ3v) is 7.27. The number of rotatable bonds is 10. The summed E-state index contributed by atoms with van der Waals surface area (Å²) < 4.78 is 28.2. The average Bonchev–Trinajstić information content (AvgIpc) is 2.99. The van der Waals surface area contributed by atoms with Gasteiger partial charge in [-0.05, 0) is 54.8 Å². The number of carbonyl (C=O) groups excluding carboxylic acids is 1. The minimum Gasteiger partial charge on any atom is -0.504 e. The predicted molar refractivity (Wildman–Crippen MR) is 147 cm³/mol. The molecule has 0 aliphatic carbocycles. The number of phenols is 4. The Balaban J connectivity index is 1.52. The molecule has 2 aliphatic rings. The van der Waals surface area contributed by atoms with Gasteiger partial charge in [0.15, 0.2) is 41.7 Å². The second-order valence-electron chi connectivity index (χ2n) is 10.4. The van der Waals surface area contributed by atoms with E-state index in [1.165, 1.54) is 43.3 Å². The third kappa shape index (κ3) is 7.76. The summed E-state index contributed by atoms with van der Waals surface area (Å²) in [6, 6.07) is 7.98. The zero-order chi connectivity index (χ0) is 32.1. The van der Waals surface area contributed by atoms with Gasteiger partial charge in [0.1, 0.15) is 36.6 Å². The lowest BCUT2D eigenvalue weighted by Crippen LogP contribution is -2.65. The van der Waals surface area contributed by atoms with Gasteiger partial charge in [-0.25, -0.2) is 4.79 Å². The molecule has 0 spiro atoms. The first-order chi connectivity index (χ1) is 20.9. The molecule has 15 nitrogen and oxygen atoms in total. The quantitative estimate of drug-likeness (QED) is 0.0873. The van der Waals surface area contributed by atoms with E-state index in [1.807, 2.05) is 0 Å². The maximum Gasteiger partial charge on any atom is 0.331 e. The van der Waals surface area contributed by atoms with Gasteiger partial charge < -0.3 is 69.6 Å². The second kappa shape index (κ2) is 14.5. The van der Waals surface area contributed by atoms with Crippen LogP contribution in [0.2, 0.25) is 0 Å². The Kier molecular flexibility index (Phi) is 11.0. The van der Waals surface area contributed by atoms with Crippen LogP contribution in [0.4, 0.5) is 0 Å². The lowest BCUT2D eigenvalue weighted by molar-refractivity contribution is -0.357. The van der Waals surface area contributed by atoms with Gasteiger partial charge in [0, 0.05) is 6.08 Å². The van der Waals surface area contributed by atoms with E-state index in [4.69, 9.17) is 23.7 Å². The fourth-order valence-electron chi connectivity index (χ4n) is 4.76. The summed E-state index contributed by atoms with van der Waals surface area (Å²) in [5, 5.41) is 90.5. The highest BCUT2D eigenvalue weighted by Gasteiger charge is 2.52. The van der Waals surface area contributed by atoms with Crippen LogP contribution in [0.15, 0.2) is 42.5 Å². The van der Waals surface area contributed by atoms with E-state index in [1.54, 1.807) is 6.07 Å². The molecule has 0 aromatic heterocycles. The van der Waals surface area contributed by atoms with Crippen LogP contribution in [0.1, 0.15) is 18.1 Å². The maximum absolute atomic E-state index is 12.8. The summed E-state index contributed by atoms with van der Waals surface area (Å²) in [6.07, 6.45) is -12.6. The van der Waals surface area contributed by atoms with Crippen molar-refractivity contribution in [2.45, 2.75) is 74.8 Å². The van der Waals surface area contributed by atoms with Crippen LogP contribution in [-0.2, 0) is 34.9 Å². The Morgan fingerprint density at radius 3 is 2.16 bits per heavy atom. The number of aliphatic hydroxyl groups is 5. The van der Waals surface area contributed by atoms with Crippen molar-refractivity contribution in [2.24, 2.45) is 0 Å². The van der Waals surface area contributed by atoms with Gasteiger partial charge in [0.05, 0.1) is 19.3 Å². The van der Waals surface area contributed by atoms with Crippen LogP contribution in [-0.4, -0.2) is 127 Å². The first-order valence-electron chi connectivity index (χ1n) is 13.7. The van der Waals surface area contributed by atoms with E-state index in [-0.39, 0.29) is 30.3 Å². The van der Waals surface area contributed by atoms with Gasteiger partial charge in [0.2, 0.25) is 0 Å². The standard InChI is InChI=1S/C29H36O15/c1-13-22(36)23(37)24(38)29(41-13)44-27-25(39)28(40-9-8-15-3-6-17(32)19(34)11-15)42-20(12-30)26(27)43-21(35)7-4-14-2-5-16(31)18(33)10-14/h2-7,10-11,13,20,22-34,36-39H,8-9,12H2,1H3/b7-4+/t13-,20+,22-,23+,24-,25+,26+,27+,28+,29+/m1/s1. The second-order valence-corrected chi connectivity index (χ2v) is 10.4. The van der Waals surface area contributed by atoms with E-state index in [0.29, 0.717) is 11.1 Å². The van der Waals surface area contributed by atoms with E-state index in [2.05, 4.69) is 0 Å². The molecule has 2 aromatic carbocycles. The zero-order valence-corrected chi connectivity index (χ0v) is 23.5. The monoisotopic (exact) mass is 624 g/mol. The van der Waals surface area contributed by atoms with Gasteiger partial charge in [-0.1, -0.05) is 12.1 Å². The number of hydrogen-bond acceptors (Lipinski definition) is 15. The third-order valence-electron chi connectivity index (χ3n) is 7.27. The number of aliphatic hydroxyl groups excluding tert-OH is 5. The van der Waals surface area contributed by atoms with Crippen molar-refractivity contribution in [1.29, 1.82) is 0 Å². The van der Waals surface area contributed by atoms with Crippen LogP contribution in [0, 0.1) is 0 Å². The van der Waals surface area contributed by atoms with E-state index >= 15 is 0 Å². The molecule has 15 heteroatoms. The summed E-state index contributed by atoms with van der Waals surface area (Å²) in [7, 11) is 0. The average molecular weight is 625 g/mol. The first-order valence-corrected chi connectivity index (χ1v) is 13.7. The Labute approximate surface area is 251 Å². The normalized spacial score (nSPS) is 32.5. The SMILES string of the molecule is C[C@H]1O[C@@H](O[C@H]2[C@H](O)[C@@H](OCCc3ccc(O)c(O)c3)O[C@@H](CO)[C@@H]2OC(=O)/C=C/c2ccc(O)c(O)c2)[C@H](O)[C@@H](O)[C@@H]1O. The summed E-state index contributed by atoms with van der Waals surface area (Å²) in [5.41, 5.74) is 0.914. The largest absolute Gasteiger partial charge is 0.504 e. The Morgan fingerprint density at radius 2 is 1.50 bits per heavy atom. The molecule has 2 saturated heterocycles. The number of hydrogen-bond donors (Lipinski definition) is 9. The molecular formula is C29H36O15. The highest BCUT2D eigenvalue weighted by Crippen LogP contribution is 2.32. The van der Waals surface area contributed by atoms with Crippen LogP contribution in [0.25, 0.3) is 6.08 Å². The topological polar surface area (TPSA) is 245 Å². The molecule has 2 aliphatic heterocycles. The van der Waals surface area contributed by atoms with Gasteiger partial charge in [-0.2, -0.15) is 0 Å². The predicted octanol–water partition coefficient (Wildman–Crippen LogP) is -1.02. The fraction of sp³-hybridized carbons (Fsp3) is 0.483. The molecule has 4 rings (SSSR count). The van der Waals surface area contributed by atoms with Crippen molar-refractivity contribution in [2.75, 3.05) is 13.2 Å². The molecule has 0 unspecified atom stereocenters. The van der Waals surface area contributed by atoms with Crippen molar-refractivity contribution in [1.82, 2.24) is 0 Å². The molecular weight excluding hydrogens is 588 g/mol. The number of phenolic OH excluding ortho intramolecular Hbond substituents is 4. The number of esters is 1. The molecule has 2 heterocycles. The smallest absolute Gasteiger partial charge is 0.331 e. The number of aromatic hydroxyl groups is 4. The number of ether oxygens (including phenoxy) is 5. The maximum atomic E-state index is 12.8. The Hall–Kier alpha value is -3.51. The molecule has 242 valence electrons. The molecule has 0 amide bonds. The van der Waals surface area contributed by atoms with Crippen molar-refractivity contribution in [3.63, 3.8) is 0 Å². The van der Waals surface area contributed by atoms with Gasteiger partial charge in [-0.15, -0.1) is 0 Å². The fourth-order valence-corrected chi connectivity index (χ4v) is 4.76. The van der Waals surface area contributed by atoms with Crippen molar-refractivity contribution >= 4 is 12.0 Å².